The van der Waals surface area contributed by atoms with Crippen molar-refractivity contribution < 1.29 is 4.42 Å². The standard InChI is InChI=1S/C47H35N3O/c1-29-25-39(34-23-24-37-36-16-8-9-18-42(36)51-43(37)28-34)40-27-35-15-10-17-38(44(35)41(40)26-29)47-49-45(32-13-6-3-7-14-32)48-46(50-47)33-21-19-31(20-22-33)30-11-4-2-5-12-30/h2-4,6-9,11,13-14,16-26,28H,5,10,12,15,27H2,1H3. The van der Waals surface area contributed by atoms with Gasteiger partial charge in [-0.2, -0.15) is 0 Å². The molecule has 2 heterocycles. The number of furan rings is 1. The lowest BCUT2D eigenvalue weighted by Gasteiger charge is -2.18. The van der Waals surface area contributed by atoms with Gasteiger partial charge in [0.25, 0.3) is 0 Å². The molecule has 0 N–H and O–H groups in total. The maximum absolute atomic E-state index is 6.32. The van der Waals surface area contributed by atoms with Crippen molar-refractivity contribution in [2.45, 2.75) is 39.0 Å². The molecular weight excluding hydrogens is 623 g/mol. The van der Waals surface area contributed by atoms with E-state index in [0.717, 1.165) is 76.6 Å². The van der Waals surface area contributed by atoms with Gasteiger partial charge in [-0.05, 0) is 102 Å². The monoisotopic (exact) mass is 657 g/mol. The Hall–Kier alpha value is -6.13. The first-order valence-corrected chi connectivity index (χ1v) is 17.9. The van der Waals surface area contributed by atoms with Crippen LogP contribution in [0.4, 0.5) is 0 Å². The number of para-hydroxylation sites is 1. The van der Waals surface area contributed by atoms with Gasteiger partial charge in [-0.25, -0.2) is 15.0 Å². The maximum Gasteiger partial charge on any atom is 0.164 e. The molecule has 0 fully saturated rings. The first-order valence-electron chi connectivity index (χ1n) is 17.9. The lowest BCUT2D eigenvalue weighted by molar-refractivity contribution is 0.669. The molecule has 7 aromatic rings. The van der Waals surface area contributed by atoms with E-state index in [1.807, 2.05) is 30.3 Å². The normalized spacial score (nSPS) is 15.2. The summed E-state index contributed by atoms with van der Waals surface area (Å²) in [5, 5.41) is 2.31. The van der Waals surface area contributed by atoms with Gasteiger partial charge in [0.2, 0.25) is 0 Å². The van der Waals surface area contributed by atoms with Gasteiger partial charge in [0.15, 0.2) is 17.5 Å². The van der Waals surface area contributed by atoms with Gasteiger partial charge < -0.3 is 4.42 Å². The second kappa shape index (κ2) is 12.0. The molecule has 51 heavy (non-hydrogen) atoms. The summed E-state index contributed by atoms with van der Waals surface area (Å²) >= 11 is 0. The van der Waals surface area contributed by atoms with Crippen molar-refractivity contribution >= 4 is 38.7 Å². The third kappa shape index (κ3) is 5.18. The molecule has 4 nitrogen and oxygen atoms in total. The van der Waals surface area contributed by atoms with Crippen molar-refractivity contribution in [3.05, 3.63) is 167 Å². The van der Waals surface area contributed by atoms with Crippen LogP contribution in [0.15, 0.2) is 143 Å². The third-order valence-electron chi connectivity index (χ3n) is 10.6. The number of aromatic nitrogens is 3. The summed E-state index contributed by atoms with van der Waals surface area (Å²) in [6.45, 7) is 2.20. The fraction of sp³-hybridized carbons (Fsp3) is 0.128. The Morgan fingerprint density at radius 3 is 2.12 bits per heavy atom. The lowest BCUT2D eigenvalue weighted by Crippen LogP contribution is -2.06. The molecule has 0 saturated carbocycles. The highest BCUT2D eigenvalue weighted by Gasteiger charge is 2.31. The minimum absolute atomic E-state index is 0.690. The lowest BCUT2D eigenvalue weighted by atomic mass is 9.88. The molecule has 0 unspecified atom stereocenters. The van der Waals surface area contributed by atoms with Crippen molar-refractivity contribution in [1.29, 1.82) is 0 Å². The summed E-state index contributed by atoms with van der Waals surface area (Å²) in [5.41, 5.74) is 16.6. The fourth-order valence-corrected chi connectivity index (χ4v) is 8.14. The van der Waals surface area contributed by atoms with E-state index in [2.05, 4.69) is 110 Å². The highest BCUT2D eigenvalue weighted by atomic mass is 16.3. The van der Waals surface area contributed by atoms with E-state index >= 15 is 0 Å². The molecule has 0 radical (unpaired) electrons. The van der Waals surface area contributed by atoms with Gasteiger partial charge in [-0.1, -0.05) is 121 Å². The quantitative estimate of drug-likeness (QED) is 0.185. The average molecular weight is 658 g/mol. The second-order valence-corrected chi connectivity index (χ2v) is 13.9. The fourth-order valence-electron chi connectivity index (χ4n) is 8.14. The molecule has 3 aliphatic rings. The van der Waals surface area contributed by atoms with Crippen molar-refractivity contribution in [3.8, 4) is 33.9 Å². The zero-order valence-electron chi connectivity index (χ0n) is 28.5. The van der Waals surface area contributed by atoms with Gasteiger partial charge in [0, 0.05) is 27.5 Å². The van der Waals surface area contributed by atoms with Crippen molar-refractivity contribution in [2.24, 2.45) is 0 Å². The Labute approximate surface area is 297 Å². The number of benzene rings is 5. The summed E-state index contributed by atoms with van der Waals surface area (Å²) in [5.74, 6) is 2.12. The highest BCUT2D eigenvalue weighted by Crippen LogP contribution is 2.49. The summed E-state index contributed by atoms with van der Waals surface area (Å²) in [6, 6.07) is 38.6. The number of fused-ring (bicyclic) bond motifs is 5. The topological polar surface area (TPSA) is 51.8 Å². The van der Waals surface area contributed by atoms with Crippen LogP contribution in [-0.2, 0) is 6.42 Å². The smallest absolute Gasteiger partial charge is 0.164 e. The van der Waals surface area contributed by atoms with Gasteiger partial charge in [0.05, 0.1) is 0 Å². The van der Waals surface area contributed by atoms with E-state index in [1.54, 1.807) is 0 Å². The molecule has 0 saturated heterocycles. The summed E-state index contributed by atoms with van der Waals surface area (Å²) < 4.78 is 6.32. The molecule has 0 amide bonds. The van der Waals surface area contributed by atoms with Crippen LogP contribution in [0, 0.1) is 6.92 Å². The third-order valence-corrected chi connectivity index (χ3v) is 10.6. The van der Waals surface area contributed by atoms with Crippen LogP contribution in [0.3, 0.4) is 0 Å². The second-order valence-electron chi connectivity index (χ2n) is 13.9. The molecular formula is C47H35N3O. The highest BCUT2D eigenvalue weighted by molar-refractivity contribution is 6.10. The summed E-state index contributed by atoms with van der Waals surface area (Å²) in [4.78, 5) is 15.5. The Balaban J connectivity index is 1.08. The van der Waals surface area contributed by atoms with E-state index in [9.17, 15) is 0 Å². The minimum Gasteiger partial charge on any atom is -0.456 e. The first kappa shape index (κ1) is 29.8. The van der Waals surface area contributed by atoms with Crippen LogP contribution in [0.25, 0.3) is 72.6 Å². The first-order chi connectivity index (χ1) is 25.2. The van der Waals surface area contributed by atoms with Crippen molar-refractivity contribution in [3.63, 3.8) is 0 Å². The minimum atomic E-state index is 0.690. The number of allylic oxidation sites excluding steroid dienone is 8. The van der Waals surface area contributed by atoms with E-state index in [-0.39, 0.29) is 0 Å². The zero-order chi connectivity index (χ0) is 33.9. The number of nitrogens with zero attached hydrogens (tertiary/aromatic N) is 3. The van der Waals surface area contributed by atoms with Crippen molar-refractivity contribution in [1.82, 2.24) is 15.0 Å². The Kier molecular flexibility index (Phi) is 7.02. The van der Waals surface area contributed by atoms with Crippen LogP contribution in [0.5, 0.6) is 0 Å². The van der Waals surface area contributed by atoms with E-state index in [1.165, 1.54) is 50.1 Å². The maximum atomic E-state index is 6.32. The molecule has 5 aromatic carbocycles. The summed E-state index contributed by atoms with van der Waals surface area (Å²) in [7, 11) is 0. The van der Waals surface area contributed by atoms with Gasteiger partial charge in [0.1, 0.15) is 11.2 Å². The van der Waals surface area contributed by atoms with Crippen LogP contribution in [0.2, 0.25) is 0 Å². The molecule has 4 heteroatoms. The van der Waals surface area contributed by atoms with Gasteiger partial charge >= 0.3 is 0 Å². The van der Waals surface area contributed by atoms with E-state index in [4.69, 9.17) is 19.4 Å². The molecule has 2 aromatic heterocycles. The largest absolute Gasteiger partial charge is 0.456 e. The number of aryl methyl sites for hydroxylation is 1. The Bertz CT molecular complexity index is 2650. The SMILES string of the molecule is Cc1cc2c(c(-c3ccc4c(c3)oc3ccccc34)c1)CC1=C2C(c2nc(-c3ccccc3)nc(-c3ccc(C4=CC=CCC4)cc3)n2)=CCC1. The number of hydrogen-bond donors (Lipinski definition) is 0. The molecule has 3 aliphatic carbocycles. The van der Waals surface area contributed by atoms with E-state index in [0.29, 0.717) is 11.6 Å². The average Bonchev–Trinajstić information content (AvgIpc) is 3.76. The molecule has 0 atom stereocenters. The summed E-state index contributed by atoms with van der Waals surface area (Å²) in [6.07, 6.45) is 14.0. The number of rotatable bonds is 5. The van der Waals surface area contributed by atoms with Crippen molar-refractivity contribution in [2.75, 3.05) is 0 Å². The van der Waals surface area contributed by atoms with E-state index < -0.39 is 0 Å². The van der Waals surface area contributed by atoms with Gasteiger partial charge in [-0.15, -0.1) is 0 Å². The molecule has 0 bridgehead atoms. The predicted molar refractivity (Wildman–Crippen MR) is 209 cm³/mol. The molecule has 244 valence electrons. The van der Waals surface area contributed by atoms with Gasteiger partial charge in [-0.3, -0.25) is 0 Å². The van der Waals surface area contributed by atoms with Crippen LogP contribution in [0.1, 0.15) is 53.8 Å². The molecule has 0 spiro atoms. The Morgan fingerprint density at radius 2 is 1.29 bits per heavy atom. The zero-order valence-corrected chi connectivity index (χ0v) is 28.5. The molecule has 10 rings (SSSR count). The van der Waals surface area contributed by atoms with Crippen LogP contribution >= 0.6 is 0 Å². The predicted octanol–water partition coefficient (Wildman–Crippen LogP) is 12.0. The molecule has 0 aliphatic heterocycles. The van der Waals surface area contributed by atoms with Crippen LogP contribution in [-0.4, -0.2) is 15.0 Å². The number of hydrogen-bond acceptors (Lipinski definition) is 4. The Morgan fingerprint density at radius 1 is 0.588 bits per heavy atom. The van der Waals surface area contributed by atoms with Crippen LogP contribution < -0.4 is 0 Å².